The highest BCUT2D eigenvalue weighted by Gasteiger charge is 2.14. The summed E-state index contributed by atoms with van der Waals surface area (Å²) in [6, 6.07) is 10.0. The highest BCUT2D eigenvalue weighted by molar-refractivity contribution is 7.85. The largest absolute Gasteiger partial charge is 0.292 e. The van der Waals surface area contributed by atoms with Crippen LogP contribution in [-0.4, -0.2) is 15.7 Å². The molecule has 0 fully saturated rings. The lowest BCUT2D eigenvalue weighted by Crippen LogP contribution is -2.09. The zero-order chi connectivity index (χ0) is 13.1. The van der Waals surface area contributed by atoms with Crippen LogP contribution in [0.5, 0.6) is 0 Å². The van der Waals surface area contributed by atoms with E-state index in [4.69, 9.17) is 23.2 Å². The Balaban J connectivity index is 2.10. The molecular formula is C12H8Cl2O2S2. The van der Waals surface area contributed by atoms with Crippen molar-refractivity contribution in [2.75, 3.05) is 5.75 Å². The van der Waals surface area contributed by atoms with Gasteiger partial charge in [-0.15, -0.1) is 11.3 Å². The van der Waals surface area contributed by atoms with Crippen LogP contribution in [-0.2, 0) is 10.8 Å². The van der Waals surface area contributed by atoms with Crippen LogP contribution in [0.2, 0.25) is 9.36 Å². The molecule has 2 rings (SSSR count). The molecular weight excluding hydrogens is 311 g/mol. The van der Waals surface area contributed by atoms with Gasteiger partial charge < -0.3 is 0 Å². The zero-order valence-electron chi connectivity index (χ0n) is 9.06. The van der Waals surface area contributed by atoms with E-state index >= 15 is 0 Å². The van der Waals surface area contributed by atoms with Crippen LogP contribution >= 0.6 is 34.5 Å². The lowest BCUT2D eigenvalue weighted by atomic mass is 10.3. The smallest absolute Gasteiger partial charge is 0.185 e. The summed E-state index contributed by atoms with van der Waals surface area (Å²) in [7, 11) is -1.39. The Morgan fingerprint density at radius 1 is 1.22 bits per heavy atom. The number of hydrogen-bond acceptors (Lipinski definition) is 3. The average molecular weight is 319 g/mol. The molecule has 0 aliphatic carbocycles. The highest BCUT2D eigenvalue weighted by atomic mass is 35.5. The van der Waals surface area contributed by atoms with Crippen molar-refractivity contribution in [2.24, 2.45) is 0 Å². The Hall–Kier alpha value is -0.680. The summed E-state index contributed by atoms with van der Waals surface area (Å²) in [5.41, 5.74) is 0. The quantitative estimate of drug-likeness (QED) is 0.797. The summed E-state index contributed by atoms with van der Waals surface area (Å²) in [4.78, 5) is 12.9. The molecule has 6 heteroatoms. The fraction of sp³-hybridized carbons (Fsp3) is 0.0833. The Morgan fingerprint density at radius 2 is 2.00 bits per heavy atom. The normalized spacial score (nSPS) is 12.3. The van der Waals surface area contributed by atoms with Crippen LogP contribution in [0.4, 0.5) is 0 Å². The summed E-state index contributed by atoms with van der Waals surface area (Å²) in [6.45, 7) is 0. The second-order valence-corrected chi connectivity index (χ2v) is 7.08. The monoisotopic (exact) mass is 318 g/mol. The topological polar surface area (TPSA) is 34.1 Å². The molecule has 2 nitrogen and oxygen atoms in total. The van der Waals surface area contributed by atoms with E-state index in [0.29, 0.717) is 19.1 Å². The third-order valence-corrected chi connectivity index (χ3v) is 4.98. The van der Waals surface area contributed by atoms with E-state index in [2.05, 4.69) is 0 Å². The predicted octanol–water partition coefficient (Wildman–Crippen LogP) is 4.05. The Kier molecular flexibility index (Phi) is 4.56. The van der Waals surface area contributed by atoms with Crippen molar-refractivity contribution in [1.82, 2.24) is 0 Å². The molecule has 18 heavy (non-hydrogen) atoms. The fourth-order valence-corrected chi connectivity index (χ4v) is 3.72. The van der Waals surface area contributed by atoms with Crippen LogP contribution in [0.25, 0.3) is 0 Å². The van der Waals surface area contributed by atoms with Gasteiger partial charge in [0.2, 0.25) is 0 Å². The van der Waals surface area contributed by atoms with Crippen LogP contribution in [0.1, 0.15) is 9.67 Å². The third-order valence-electron chi connectivity index (χ3n) is 2.17. The van der Waals surface area contributed by atoms with Crippen molar-refractivity contribution < 1.29 is 9.00 Å². The Labute approximate surface area is 121 Å². The SMILES string of the molecule is O=C(CS(=O)c1cccc(Cl)c1)c1ccc(Cl)s1. The number of thiophene rings is 1. The van der Waals surface area contributed by atoms with Gasteiger partial charge in [0, 0.05) is 9.92 Å². The number of carbonyl (C=O) groups is 1. The summed E-state index contributed by atoms with van der Waals surface area (Å²) < 4.78 is 12.5. The van der Waals surface area contributed by atoms with Crippen LogP contribution < -0.4 is 0 Å². The molecule has 0 radical (unpaired) electrons. The van der Waals surface area contributed by atoms with Crippen molar-refractivity contribution in [1.29, 1.82) is 0 Å². The minimum absolute atomic E-state index is 0.0583. The highest BCUT2D eigenvalue weighted by Crippen LogP contribution is 2.22. The number of halogens is 2. The van der Waals surface area contributed by atoms with Gasteiger partial charge in [-0.25, -0.2) is 0 Å². The summed E-state index contributed by atoms with van der Waals surface area (Å²) in [5, 5.41) is 0.507. The van der Waals surface area contributed by atoms with E-state index in [1.54, 1.807) is 36.4 Å². The van der Waals surface area contributed by atoms with E-state index < -0.39 is 10.8 Å². The van der Waals surface area contributed by atoms with E-state index in [1.165, 1.54) is 11.3 Å². The lowest BCUT2D eigenvalue weighted by Gasteiger charge is -2.01. The molecule has 1 unspecified atom stereocenters. The zero-order valence-corrected chi connectivity index (χ0v) is 12.2. The minimum Gasteiger partial charge on any atom is -0.292 e. The fourth-order valence-electron chi connectivity index (χ4n) is 1.35. The van der Waals surface area contributed by atoms with Crippen LogP contribution in [0.15, 0.2) is 41.3 Å². The third kappa shape index (κ3) is 3.42. The first-order chi connectivity index (χ1) is 8.56. The number of carbonyl (C=O) groups excluding carboxylic acids is 1. The van der Waals surface area contributed by atoms with Crippen molar-refractivity contribution in [3.63, 3.8) is 0 Å². The maximum atomic E-state index is 12.0. The van der Waals surface area contributed by atoms with Gasteiger partial charge in [-0.1, -0.05) is 29.3 Å². The van der Waals surface area contributed by atoms with E-state index in [-0.39, 0.29) is 11.5 Å². The molecule has 1 aromatic carbocycles. The first-order valence-electron chi connectivity index (χ1n) is 4.99. The van der Waals surface area contributed by atoms with Crippen molar-refractivity contribution in [3.8, 4) is 0 Å². The van der Waals surface area contributed by atoms with Gasteiger partial charge in [0.15, 0.2) is 5.78 Å². The molecule has 0 aliphatic heterocycles. The average Bonchev–Trinajstić information content (AvgIpc) is 2.76. The standard InChI is InChI=1S/C12H8Cl2O2S2/c13-8-2-1-3-9(6-8)18(16)7-10(15)11-4-5-12(14)17-11/h1-6H,7H2. The first kappa shape index (κ1) is 13.7. The molecule has 0 bridgehead atoms. The van der Waals surface area contributed by atoms with Gasteiger partial charge in [-0.05, 0) is 30.3 Å². The maximum absolute atomic E-state index is 12.0. The van der Waals surface area contributed by atoms with Gasteiger partial charge >= 0.3 is 0 Å². The first-order valence-corrected chi connectivity index (χ1v) is 7.88. The lowest BCUT2D eigenvalue weighted by molar-refractivity contribution is 0.102. The van der Waals surface area contributed by atoms with E-state index in [1.807, 2.05) is 0 Å². The van der Waals surface area contributed by atoms with Crippen LogP contribution in [0, 0.1) is 0 Å². The van der Waals surface area contributed by atoms with E-state index in [0.717, 1.165) is 0 Å². The van der Waals surface area contributed by atoms with Gasteiger partial charge in [-0.2, -0.15) is 0 Å². The number of ketones is 1. The number of benzene rings is 1. The van der Waals surface area contributed by atoms with E-state index in [9.17, 15) is 9.00 Å². The molecule has 0 spiro atoms. The molecule has 0 amide bonds. The maximum Gasteiger partial charge on any atom is 0.185 e. The van der Waals surface area contributed by atoms with Crippen molar-refractivity contribution in [2.45, 2.75) is 4.90 Å². The molecule has 2 aromatic rings. The number of Topliss-reactive ketones (excluding diaryl/α,β-unsaturated/α-hetero) is 1. The summed E-state index contributed by atoms with van der Waals surface area (Å²) >= 11 is 12.8. The molecule has 0 saturated heterocycles. The van der Waals surface area contributed by atoms with Gasteiger partial charge in [0.05, 0.1) is 25.8 Å². The summed E-state index contributed by atoms with van der Waals surface area (Å²) in [5.74, 6) is -0.234. The van der Waals surface area contributed by atoms with Gasteiger partial charge in [-0.3, -0.25) is 9.00 Å². The minimum atomic E-state index is -1.39. The molecule has 1 heterocycles. The predicted molar refractivity (Wildman–Crippen MR) is 76.4 cm³/mol. The number of hydrogen-bond donors (Lipinski definition) is 0. The molecule has 94 valence electrons. The summed E-state index contributed by atoms with van der Waals surface area (Å²) in [6.07, 6.45) is 0. The van der Waals surface area contributed by atoms with Crippen molar-refractivity contribution >= 4 is 51.1 Å². The molecule has 0 N–H and O–H groups in total. The van der Waals surface area contributed by atoms with Gasteiger partial charge in [0.1, 0.15) is 0 Å². The second-order valence-electron chi connectivity index (χ2n) is 3.47. The van der Waals surface area contributed by atoms with Crippen molar-refractivity contribution in [3.05, 3.63) is 50.6 Å². The molecule has 0 aliphatic rings. The Bertz CT molecular complexity index is 608. The molecule has 0 saturated carbocycles. The van der Waals surface area contributed by atoms with Gasteiger partial charge in [0.25, 0.3) is 0 Å². The van der Waals surface area contributed by atoms with Crippen LogP contribution in [0.3, 0.4) is 0 Å². The molecule has 1 atom stereocenters. The molecule has 1 aromatic heterocycles. The second kappa shape index (κ2) is 5.97. The number of rotatable bonds is 4. The Morgan fingerprint density at radius 3 is 2.61 bits per heavy atom.